The van der Waals surface area contributed by atoms with E-state index < -0.39 is 17.9 Å². The van der Waals surface area contributed by atoms with Crippen LogP contribution in [-0.2, 0) is 9.59 Å². The van der Waals surface area contributed by atoms with Crippen LogP contribution >= 0.6 is 27.5 Å². The first-order valence-electron chi connectivity index (χ1n) is 11.6. The summed E-state index contributed by atoms with van der Waals surface area (Å²) in [5.41, 5.74) is 3.56. The average molecular weight is 579 g/mol. The van der Waals surface area contributed by atoms with Crippen LogP contribution in [0.4, 0.5) is 0 Å². The summed E-state index contributed by atoms with van der Waals surface area (Å²) in [5.74, 6) is -1.50. The van der Waals surface area contributed by atoms with Crippen molar-refractivity contribution in [3.63, 3.8) is 0 Å². The maximum absolute atomic E-state index is 13.5. The van der Waals surface area contributed by atoms with Crippen LogP contribution in [0.2, 0.25) is 5.02 Å². The maximum atomic E-state index is 13.5. The highest BCUT2D eigenvalue weighted by molar-refractivity contribution is 9.10. The van der Waals surface area contributed by atoms with E-state index in [1.807, 2.05) is 60.7 Å². The number of aromatic nitrogens is 1. The lowest BCUT2D eigenvalue weighted by molar-refractivity contribution is -0.141. The van der Waals surface area contributed by atoms with E-state index in [0.717, 1.165) is 26.5 Å². The van der Waals surface area contributed by atoms with Crippen molar-refractivity contribution in [2.24, 2.45) is 5.10 Å². The topological polar surface area (TPSA) is 103 Å². The fourth-order valence-corrected chi connectivity index (χ4v) is 4.99. The second-order valence-electron chi connectivity index (χ2n) is 8.71. The van der Waals surface area contributed by atoms with Crippen LogP contribution in [-0.4, -0.2) is 32.7 Å². The van der Waals surface area contributed by atoms with E-state index in [1.54, 1.807) is 12.1 Å². The number of aliphatic carboxylic acids is 1. The average Bonchev–Trinajstić information content (AvgIpc) is 3.32. The Morgan fingerprint density at radius 3 is 2.41 bits per heavy atom. The van der Waals surface area contributed by atoms with E-state index in [9.17, 15) is 14.4 Å². The van der Waals surface area contributed by atoms with Crippen LogP contribution in [0.15, 0.2) is 87.2 Å². The van der Waals surface area contributed by atoms with Crippen LogP contribution in [0, 0.1) is 0 Å². The Labute approximate surface area is 225 Å². The minimum atomic E-state index is -1.07. The van der Waals surface area contributed by atoms with Crippen molar-refractivity contribution in [3.8, 4) is 11.1 Å². The zero-order valence-corrected chi connectivity index (χ0v) is 21.8. The lowest BCUT2D eigenvalue weighted by Gasteiger charge is -2.22. The zero-order chi connectivity index (χ0) is 26.1. The molecule has 1 aliphatic heterocycles. The van der Waals surface area contributed by atoms with E-state index in [-0.39, 0.29) is 24.8 Å². The minimum Gasteiger partial charge on any atom is -0.481 e. The highest BCUT2D eigenvalue weighted by Gasteiger charge is 2.35. The Morgan fingerprint density at radius 1 is 1.00 bits per heavy atom. The molecule has 2 N–H and O–H groups in total. The zero-order valence-electron chi connectivity index (χ0n) is 19.4. The Kier molecular flexibility index (Phi) is 6.95. The standard InChI is InChI=1S/C28H21BrClN3O4/c29-18-9-5-17(6-10-18)26-20-3-1-2-4-21(20)31-28(37)27(26)22-15-23(16-7-11-19(30)12-8-16)33(32-22)24(34)13-14-25(35)36/h1-12,23H,13-15H2,(H,31,37)(H,35,36)/t23-/m0/s1. The quantitative estimate of drug-likeness (QED) is 0.286. The van der Waals surface area contributed by atoms with Gasteiger partial charge in [-0.25, -0.2) is 5.01 Å². The third kappa shape index (κ3) is 5.08. The number of nitrogens with zero attached hydrogens (tertiary/aromatic N) is 2. The van der Waals surface area contributed by atoms with Crippen LogP contribution in [0.5, 0.6) is 0 Å². The van der Waals surface area contributed by atoms with Gasteiger partial charge in [0.05, 0.1) is 23.7 Å². The highest BCUT2D eigenvalue weighted by atomic mass is 79.9. The lowest BCUT2D eigenvalue weighted by atomic mass is 9.91. The van der Waals surface area contributed by atoms with Crippen molar-refractivity contribution in [1.82, 2.24) is 9.99 Å². The van der Waals surface area contributed by atoms with Gasteiger partial charge in [0.25, 0.3) is 5.56 Å². The third-order valence-corrected chi connectivity index (χ3v) is 7.10. The third-order valence-electron chi connectivity index (χ3n) is 6.32. The molecule has 9 heteroatoms. The second-order valence-corrected chi connectivity index (χ2v) is 10.1. The maximum Gasteiger partial charge on any atom is 0.303 e. The Balaban J connectivity index is 1.68. The van der Waals surface area contributed by atoms with E-state index in [2.05, 4.69) is 26.0 Å². The van der Waals surface area contributed by atoms with Gasteiger partial charge in [-0.1, -0.05) is 70.0 Å². The normalized spacial score (nSPS) is 15.1. The number of hydrogen-bond acceptors (Lipinski definition) is 4. The van der Waals surface area contributed by atoms with Crippen molar-refractivity contribution < 1.29 is 14.7 Å². The molecule has 0 aliphatic carbocycles. The molecule has 37 heavy (non-hydrogen) atoms. The lowest BCUT2D eigenvalue weighted by Crippen LogP contribution is -2.27. The van der Waals surface area contributed by atoms with Crippen LogP contribution < -0.4 is 5.56 Å². The second kappa shape index (κ2) is 10.3. The van der Waals surface area contributed by atoms with Crippen LogP contribution in [0.3, 0.4) is 0 Å². The Bertz CT molecular complexity index is 1600. The molecule has 0 bridgehead atoms. The summed E-state index contributed by atoms with van der Waals surface area (Å²) >= 11 is 9.55. The van der Waals surface area contributed by atoms with Gasteiger partial charge in [-0.2, -0.15) is 5.10 Å². The van der Waals surface area contributed by atoms with Crippen LogP contribution in [0.1, 0.15) is 36.4 Å². The number of carbonyl (C=O) groups is 2. The number of carboxylic acids is 1. The molecule has 0 spiro atoms. The molecule has 1 aromatic heterocycles. The van der Waals surface area contributed by atoms with Gasteiger partial charge in [-0.15, -0.1) is 0 Å². The Hall–Kier alpha value is -3.75. The number of benzene rings is 3. The van der Waals surface area contributed by atoms with Gasteiger partial charge in [-0.3, -0.25) is 14.4 Å². The number of fused-ring (bicyclic) bond motifs is 1. The van der Waals surface area contributed by atoms with Gasteiger partial charge in [0.15, 0.2) is 0 Å². The first kappa shape index (κ1) is 24.9. The predicted octanol–water partition coefficient (Wildman–Crippen LogP) is 6.15. The molecular weight excluding hydrogens is 558 g/mol. The van der Waals surface area contributed by atoms with Crippen LogP contribution in [0.25, 0.3) is 22.0 Å². The molecule has 2 heterocycles. The van der Waals surface area contributed by atoms with E-state index in [0.29, 0.717) is 21.8 Å². The van der Waals surface area contributed by atoms with E-state index in [4.69, 9.17) is 16.7 Å². The summed E-state index contributed by atoms with van der Waals surface area (Å²) in [5, 5.41) is 16.4. The summed E-state index contributed by atoms with van der Waals surface area (Å²) in [6, 6.07) is 21.8. The van der Waals surface area contributed by atoms with E-state index in [1.165, 1.54) is 5.01 Å². The number of carbonyl (C=O) groups excluding carboxylic acids is 1. The molecule has 0 saturated heterocycles. The van der Waals surface area contributed by atoms with Crippen molar-refractivity contribution in [2.45, 2.75) is 25.3 Å². The van der Waals surface area contributed by atoms with Crippen molar-refractivity contribution in [3.05, 3.63) is 104 Å². The molecule has 7 nitrogen and oxygen atoms in total. The SMILES string of the molecule is O=C(O)CCC(=O)N1N=C(c2c(-c3ccc(Br)cc3)c3ccccc3[nH]c2=O)C[C@H]1c1ccc(Cl)cc1. The first-order valence-corrected chi connectivity index (χ1v) is 12.8. The number of hydrazone groups is 1. The molecule has 5 rings (SSSR count). The van der Waals surface area contributed by atoms with Gasteiger partial charge in [0.1, 0.15) is 0 Å². The van der Waals surface area contributed by atoms with Gasteiger partial charge in [0, 0.05) is 38.8 Å². The molecule has 0 unspecified atom stereocenters. The molecule has 4 aromatic rings. The summed E-state index contributed by atoms with van der Waals surface area (Å²) in [6.45, 7) is 0. The molecule has 3 aromatic carbocycles. The number of rotatable bonds is 6. The molecule has 0 fully saturated rings. The van der Waals surface area contributed by atoms with Gasteiger partial charge in [0.2, 0.25) is 5.91 Å². The fraction of sp³-hybridized carbons (Fsp3) is 0.143. The monoisotopic (exact) mass is 577 g/mol. The number of carboxylic acid groups (broad SMARTS) is 1. The number of pyridine rings is 1. The smallest absolute Gasteiger partial charge is 0.303 e. The molecular formula is C28H21BrClN3O4. The summed E-state index contributed by atoms with van der Waals surface area (Å²) in [7, 11) is 0. The van der Waals surface area contributed by atoms with E-state index >= 15 is 0 Å². The molecule has 186 valence electrons. The van der Waals surface area contributed by atoms with Gasteiger partial charge >= 0.3 is 5.97 Å². The number of nitrogens with one attached hydrogen (secondary N) is 1. The summed E-state index contributed by atoms with van der Waals surface area (Å²) in [6.07, 6.45) is -0.233. The van der Waals surface area contributed by atoms with Gasteiger partial charge in [-0.05, 0) is 41.5 Å². The molecule has 0 radical (unpaired) electrons. The van der Waals surface area contributed by atoms with Crippen molar-refractivity contribution in [2.75, 3.05) is 0 Å². The summed E-state index contributed by atoms with van der Waals surface area (Å²) < 4.78 is 0.906. The molecule has 1 aliphatic rings. The molecule has 1 atom stereocenters. The van der Waals surface area contributed by atoms with Crippen molar-refractivity contribution >= 4 is 56.0 Å². The number of para-hydroxylation sites is 1. The fourth-order valence-electron chi connectivity index (χ4n) is 4.60. The largest absolute Gasteiger partial charge is 0.481 e. The molecule has 1 amide bonds. The Morgan fingerprint density at radius 2 is 1.70 bits per heavy atom. The number of halogens is 2. The number of hydrogen-bond donors (Lipinski definition) is 2. The minimum absolute atomic E-state index is 0.205. The number of aromatic amines is 1. The summed E-state index contributed by atoms with van der Waals surface area (Å²) in [4.78, 5) is 40.7. The predicted molar refractivity (Wildman–Crippen MR) is 147 cm³/mol. The molecule has 0 saturated carbocycles. The number of amides is 1. The van der Waals surface area contributed by atoms with Gasteiger partial charge < -0.3 is 10.1 Å². The van der Waals surface area contributed by atoms with Crippen molar-refractivity contribution in [1.29, 1.82) is 0 Å². The first-order chi connectivity index (χ1) is 17.8. The number of H-pyrrole nitrogens is 1. The highest BCUT2D eigenvalue weighted by Crippen LogP contribution is 2.37.